The van der Waals surface area contributed by atoms with Crippen LogP contribution in [0.1, 0.15) is 18.2 Å². The fourth-order valence-electron chi connectivity index (χ4n) is 2.38. The number of halogens is 3. The Morgan fingerprint density at radius 3 is 2.44 bits per heavy atom. The van der Waals surface area contributed by atoms with Crippen LogP contribution in [-0.4, -0.2) is 37.0 Å². The molecule has 1 atom stereocenters. The van der Waals surface area contributed by atoms with Crippen molar-refractivity contribution in [1.29, 1.82) is 0 Å². The van der Waals surface area contributed by atoms with Gasteiger partial charge in [-0.05, 0) is 41.6 Å². The summed E-state index contributed by atoms with van der Waals surface area (Å²) in [5.41, 5.74) is 0.847. The van der Waals surface area contributed by atoms with Crippen LogP contribution in [0.25, 0.3) is 11.4 Å². The number of rotatable bonds is 6. The van der Waals surface area contributed by atoms with Gasteiger partial charge < -0.3 is 15.5 Å². The van der Waals surface area contributed by atoms with E-state index in [4.69, 9.17) is 5.11 Å². The first-order valence-corrected chi connectivity index (χ1v) is 8.00. The van der Waals surface area contributed by atoms with Crippen LogP contribution in [0.2, 0.25) is 0 Å². The van der Waals surface area contributed by atoms with Gasteiger partial charge in [0.25, 0.3) is 0 Å². The second-order valence-electron chi connectivity index (χ2n) is 5.67. The molecule has 0 fully saturated rings. The second-order valence-corrected chi connectivity index (χ2v) is 5.67. The molecule has 10 heteroatoms. The van der Waals surface area contributed by atoms with Crippen LogP contribution in [0.15, 0.2) is 48.5 Å². The molecule has 0 amide bonds. The Morgan fingerprint density at radius 2 is 1.78 bits per heavy atom. The van der Waals surface area contributed by atoms with Crippen LogP contribution >= 0.6 is 0 Å². The number of aromatic nitrogens is 4. The third-order valence-corrected chi connectivity index (χ3v) is 3.74. The van der Waals surface area contributed by atoms with Gasteiger partial charge in [0.1, 0.15) is 0 Å². The Balaban J connectivity index is 1.84. The first-order chi connectivity index (χ1) is 12.9. The number of hydrogen-bond acceptors (Lipinski definition) is 6. The fraction of sp³-hybridized carbons (Fsp3) is 0.235. The van der Waals surface area contributed by atoms with Gasteiger partial charge in [0, 0.05) is 30.0 Å². The molecule has 0 aliphatic rings. The number of nitrogens with zero attached hydrogens (tertiary/aromatic N) is 4. The number of tetrazole rings is 1. The van der Waals surface area contributed by atoms with E-state index in [2.05, 4.69) is 20.7 Å². The third-order valence-electron chi connectivity index (χ3n) is 3.74. The summed E-state index contributed by atoms with van der Waals surface area (Å²) in [6.07, 6.45) is -5.44. The molecule has 3 rings (SSSR count). The van der Waals surface area contributed by atoms with Gasteiger partial charge in [-0.25, -0.2) is 0 Å². The number of nitrogens with one attached hydrogen (secondary N) is 1. The Morgan fingerprint density at radius 1 is 1.07 bits per heavy atom. The Kier molecular flexibility index (Phi) is 5.38. The van der Waals surface area contributed by atoms with Gasteiger partial charge >= 0.3 is 6.18 Å². The monoisotopic (exact) mass is 379 g/mol. The SMILES string of the molecule is OCCC(O)n1nnc(-c2ccccc2Nc2ccc(C(F)(F)F)cc2)n1. The van der Waals surface area contributed by atoms with E-state index in [1.807, 2.05) is 0 Å². The van der Waals surface area contributed by atoms with Crippen LogP contribution in [0.5, 0.6) is 0 Å². The van der Waals surface area contributed by atoms with E-state index < -0.39 is 18.0 Å². The molecule has 3 aromatic rings. The van der Waals surface area contributed by atoms with Crippen molar-refractivity contribution in [2.75, 3.05) is 11.9 Å². The summed E-state index contributed by atoms with van der Waals surface area (Å²) in [5, 5.41) is 33.4. The maximum atomic E-state index is 12.7. The topological polar surface area (TPSA) is 96.1 Å². The molecule has 0 saturated carbocycles. The van der Waals surface area contributed by atoms with Gasteiger partial charge in [-0.15, -0.1) is 15.0 Å². The zero-order chi connectivity index (χ0) is 19.4. The highest BCUT2D eigenvalue weighted by Crippen LogP contribution is 2.32. The zero-order valence-electron chi connectivity index (χ0n) is 13.9. The molecule has 0 bridgehead atoms. The lowest BCUT2D eigenvalue weighted by atomic mass is 10.1. The van der Waals surface area contributed by atoms with Gasteiger partial charge in [0.2, 0.25) is 5.82 Å². The van der Waals surface area contributed by atoms with Crippen molar-refractivity contribution < 1.29 is 23.4 Å². The normalized spacial score (nSPS) is 12.8. The second kappa shape index (κ2) is 7.72. The van der Waals surface area contributed by atoms with E-state index in [0.717, 1.165) is 16.9 Å². The highest BCUT2D eigenvalue weighted by molar-refractivity contribution is 5.77. The molecule has 0 aliphatic carbocycles. The minimum absolute atomic E-state index is 0.0568. The van der Waals surface area contributed by atoms with Crippen LogP contribution in [0, 0.1) is 0 Å². The summed E-state index contributed by atoms with van der Waals surface area (Å²) < 4.78 is 38.0. The average molecular weight is 379 g/mol. The van der Waals surface area contributed by atoms with Gasteiger partial charge in [-0.2, -0.15) is 13.2 Å². The quantitative estimate of drug-likeness (QED) is 0.609. The molecule has 142 valence electrons. The standard InChI is InChI=1S/C17H16F3N5O2/c18-17(19,20)11-5-7-12(8-6-11)21-14-4-2-1-3-13(14)16-22-24-25(23-16)15(27)9-10-26/h1-8,15,21,26-27H,9-10H2. The van der Waals surface area contributed by atoms with Crippen molar-refractivity contribution in [2.45, 2.75) is 18.8 Å². The van der Waals surface area contributed by atoms with Crippen LogP contribution in [-0.2, 0) is 6.18 Å². The van der Waals surface area contributed by atoms with Crippen LogP contribution in [0.3, 0.4) is 0 Å². The maximum Gasteiger partial charge on any atom is 0.416 e. The summed E-state index contributed by atoms with van der Waals surface area (Å²) in [6.45, 7) is -0.232. The molecule has 0 spiro atoms. The van der Waals surface area contributed by atoms with E-state index in [0.29, 0.717) is 16.9 Å². The Bertz CT molecular complexity index is 896. The van der Waals surface area contributed by atoms with Gasteiger partial charge in [-0.1, -0.05) is 12.1 Å². The van der Waals surface area contributed by atoms with E-state index in [1.54, 1.807) is 24.3 Å². The predicted octanol–water partition coefficient (Wildman–Crippen LogP) is 2.98. The number of anilines is 2. The lowest BCUT2D eigenvalue weighted by Gasteiger charge is -2.11. The predicted molar refractivity (Wildman–Crippen MR) is 90.9 cm³/mol. The molecular formula is C17H16F3N5O2. The lowest BCUT2D eigenvalue weighted by Crippen LogP contribution is -2.13. The fourth-order valence-corrected chi connectivity index (χ4v) is 2.38. The zero-order valence-corrected chi connectivity index (χ0v) is 13.9. The number of aliphatic hydroxyl groups is 2. The molecule has 0 saturated heterocycles. The summed E-state index contributed by atoms with van der Waals surface area (Å²) in [6, 6.07) is 11.6. The highest BCUT2D eigenvalue weighted by Gasteiger charge is 2.30. The van der Waals surface area contributed by atoms with Crippen molar-refractivity contribution in [2.24, 2.45) is 0 Å². The summed E-state index contributed by atoms with van der Waals surface area (Å²) in [5.74, 6) is 0.224. The molecule has 1 unspecified atom stereocenters. The molecule has 7 nitrogen and oxygen atoms in total. The van der Waals surface area contributed by atoms with Gasteiger partial charge in [-0.3, -0.25) is 0 Å². The Hall–Kier alpha value is -2.98. The molecule has 2 aromatic carbocycles. The van der Waals surface area contributed by atoms with Gasteiger partial charge in [0.15, 0.2) is 6.23 Å². The van der Waals surface area contributed by atoms with Crippen molar-refractivity contribution in [1.82, 2.24) is 20.2 Å². The van der Waals surface area contributed by atoms with E-state index in [1.165, 1.54) is 12.1 Å². The average Bonchev–Trinajstić information content (AvgIpc) is 3.12. The highest BCUT2D eigenvalue weighted by atomic mass is 19.4. The minimum Gasteiger partial charge on any atom is -0.396 e. The maximum absolute atomic E-state index is 12.7. The summed E-state index contributed by atoms with van der Waals surface area (Å²) in [7, 11) is 0. The van der Waals surface area contributed by atoms with Crippen LogP contribution < -0.4 is 5.32 Å². The minimum atomic E-state index is -4.39. The van der Waals surface area contributed by atoms with Crippen LogP contribution in [0.4, 0.5) is 24.5 Å². The van der Waals surface area contributed by atoms with Crippen molar-refractivity contribution in [3.8, 4) is 11.4 Å². The molecule has 1 aromatic heterocycles. The summed E-state index contributed by atoms with van der Waals surface area (Å²) >= 11 is 0. The first-order valence-electron chi connectivity index (χ1n) is 8.00. The Labute approximate surface area is 152 Å². The van der Waals surface area contributed by atoms with E-state index >= 15 is 0 Å². The van der Waals surface area contributed by atoms with Crippen molar-refractivity contribution in [3.05, 3.63) is 54.1 Å². The first kappa shape index (κ1) is 18.8. The third kappa shape index (κ3) is 4.41. The molecule has 27 heavy (non-hydrogen) atoms. The molecule has 1 heterocycles. The van der Waals surface area contributed by atoms with Crippen molar-refractivity contribution >= 4 is 11.4 Å². The number of hydrogen-bond donors (Lipinski definition) is 3. The number of alkyl halides is 3. The summed E-state index contributed by atoms with van der Waals surface area (Å²) in [4.78, 5) is 0.987. The number of aliphatic hydroxyl groups excluding tert-OH is 2. The smallest absolute Gasteiger partial charge is 0.396 e. The number of benzene rings is 2. The molecule has 0 radical (unpaired) electrons. The number of para-hydroxylation sites is 1. The van der Waals surface area contributed by atoms with Gasteiger partial charge in [0.05, 0.1) is 5.56 Å². The lowest BCUT2D eigenvalue weighted by molar-refractivity contribution is -0.137. The molecular weight excluding hydrogens is 363 g/mol. The molecule has 0 aliphatic heterocycles. The van der Waals surface area contributed by atoms with E-state index in [9.17, 15) is 18.3 Å². The largest absolute Gasteiger partial charge is 0.416 e. The van der Waals surface area contributed by atoms with E-state index in [-0.39, 0.29) is 18.9 Å². The van der Waals surface area contributed by atoms with Crippen molar-refractivity contribution in [3.63, 3.8) is 0 Å². The molecule has 3 N–H and O–H groups in total.